The summed E-state index contributed by atoms with van der Waals surface area (Å²) in [5.74, 6) is -0.128. The number of pyridine rings is 1. The van der Waals surface area contributed by atoms with Gasteiger partial charge in [-0.1, -0.05) is 0 Å². The second-order valence-corrected chi connectivity index (χ2v) is 4.94. The van der Waals surface area contributed by atoms with Crippen LogP contribution in [0.5, 0.6) is 0 Å². The molecule has 0 spiro atoms. The van der Waals surface area contributed by atoms with Crippen LogP contribution in [-0.2, 0) is 6.54 Å². The second kappa shape index (κ2) is 5.77. The molecule has 2 rings (SSSR count). The predicted molar refractivity (Wildman–Crippen MR) is 71.1 cm³/mol. The Hall–Kier alpha value is -1.69. The van der Waals surface area contributed by atoms with Gasteiger partial charge >= 0.3 is 0 Å². The van der Waals surface area contributed by atoms with Gasteiger partial charge in [0.2, 0.25) is 0 Å². The number of nitrogens with zero attached hydrogens (tertiary/aromatic N) is 3. The van der Waals surface area contributed by atoms with Gasteiger partial charge in [-0.15, -0.1) is 0 Å². The maximum absolute atomic E-state index is 11.9. The molecule has 18 heavy (non-hydrogen) atoms. The topological polar surface area (TPSA) is 59.8 Å². The van der Waals surface area contributed by atoms with Crippen molar-refractivity contribution in [2.24, 2.45) is 0 Å². The third-order valence-corrected chi connectivity index (χ3v) is 2.82. The number of amides is 1. The van der Waals surface area contributed by atoms with E-state index in [0.717, 1.165) is 4.47 Å². The average molecular weight is 309 g/mol. The zero-order valence-corrected chi connectivity index (χ0v) is 11.5. The van der Waals surface area contributed by atoms with E-state index >= 15 is 0 Å². The first-order valence-corrected chi connectivity index (χ1v) is 6.31. The largest absolute Gasteiger partial charge is 0.348 e. The first kappa shape index (κ1) is 12.8. The van der Waals surface area contributed by atoms with Crippen molar-refractivity contribution in [1.29, 1.82) is 0 Å². The Bertz CT molecular complexity index is 527. The highest BCUT2D eigenvalue weighted by Gasteiger charge is 2.10. The lowest BCUT2D eigenvalue weighted by atomic mass is 10.2. The minimum absolute atomic E-state index is 0.0191. The van der Waals surface area contributed by atoms with E-state index in [9.17, 15) is 4.79 Å². The van der Waals surface area contributed by atoms with Crippen molar-refractivity contribution >= 4 is 21.8 Å². The number of imidazole rings is 1. The van der Waals surface area contributed by atoms with E-state index in [2.05, 4.69) is 31.2 Å². The van der Waals surface area contributed by atoms with Crippen LogP contribution in [-0.4, -0.2) is 26.5 Å². The van der Waals surface area contributed by atoms with E-state index in [1.165, 1.54) is 0 Å². The molecule has 0 saturated carbocycles. The van der Waals surface area contributed by atoms with Crippen molar-refractivity contribution in [3.05, 3.63) is 47.2 Å². The van der Waals surface area contributed by atoms with Crippen LogP contribution in [0.2, 0.25) is 0 Å². The lowest BCUT2D eigenvalue weighted by Gasteiger charge is -2.14. The first-order chi connectivity index (χ1) is 8.65. The Morgan fingerprint density at radius 3 is 3.00 bits per heavy atom. The molecule has 1 N–H and O–H groups in total. The molecule has 94 valence electrons. The molecule has 2 heterocycles. The number of rotatable bonds is 4. The van der Waals surface area contributed by atoms with Crippen molar-refractivity contribution in [2.75, 3.05) is 0 Å². The van der Waals surface area contributed by atoms with Crippen LogP contribution >= 0.6 is 15.9 Å². The van der Waals surface area contributed by atoms with Gasteiger partial charge in [-0.2, -0.15) is 0 Å². The lowest BCUT2D eigenvalue weighted by Crippen LogP contribution is -2.35. The summed E-state index contributed by atoms with van der Waals surface area (Å²) in [5, 5.41) is 2.91. The Balaban J connectivity index is 1.95. The SMILES string of the molecule is C[C@@H](Cn1ccnc1)NC(=O)c1cncc(Br)c1. The highest BCUT2D eigenvalue weighted by molar-refractivity contribution is 9.10. The van der Waals surface area contributed by atoms with Crippen LogP contribution in [0.25, 0.3) is 0 Å². The number of halogens is 1. The number of hydrogen-bond acceptors (Lipinski definition) is 3. The summed E-state index contributed by atoms with van der Waals surface area (Å²) in [7, 11) is 0. The van der Waals surface area contributed by atoms with Crippen LogP contribution in [0.4, 0.5) is 0 Å². The van der Waals surface area contributed by atoms with Crippen molar-refractivity contribution in [2.45, 2.75) is 19.5 Å². The van der Waals surface area contributed by atoms with Gasteiger partial charge in [-0.05, 0) is 28.9 Å². The quantitative estimate of drug-likeness (QED) is 0.938. The summed E-state index contributed by atoms with van der Waals surface area (Å²) in [4.78, 5) is 19.9. The molecule has 1 amide bonds. The van der Waals surface area contributed by atoms with Crippen LogP contribution in [0, 0.1) is 0 Å². The van der Waals surface area contributed by atoms with E-state index in [0.29, 0.717) is 12.1 Å². The standard InChI is InChI=1S/C12H13BrN4O/c1-9(7-17-3-2-14-8-17)16-12(18)10-4-11(13)6-15-5-10/h2-6,8-9H,7H2,1H3,(H,16,18)/t9-/m0/s1. The van der Waals surface area contributed by atoms with Gasteiger partial charge in [-0.25, -0.2) is 4.98 Å². The summed E-state index contributed by atoms with van der Waals surface area (Å²) in [6.07, 6.45) is 8.50. The van der Waals surface area contributed by atoms with E-state index in [4.69, 9.17) is 0 Å². The first-order valence-electron chi connectivity index (χ1n) is 5.52. The highest BCUT2D eigenvalue weighted by Crippen LogP contribution is 2.09. The Morgan fingerprint density at radius 1 is 1.50 bits per heavy atom. The van der Waals surface area contributed by atoms with Gasteiger partial charge in [-0.3, -0.25) is 9.78 Å². The van der Waals surface area contributed by atoms with E-state index < -0.39 is 0 Å². The predicted octanol–water partition coefficient (Wildman–Crippen LogP) is 1.86. The van der Waals surface area contributed by atoms with E-state index in [1.54, 1.807) is 31.0 Å². The van der Waals surface area contributed by atoms with E-state index in [-0.39, 0.29) is 11.9 Å². The summed E-state index contributed by atoms with van der Waals surface area (Å²) in [6.45, 7) is 2.64. The van der Waals surface area contributed by atoms with Crippen LogP contribution < -0.4 is 5.32 Å². The molecular weight excluding hydrogens is 296 g/mol. The number of hydrogen-bond donors (Lipinski definition) is 1. The minimum Gasteiger partial charge on any atom is -0.348 e. The molecule has 2 aromatic rings. The lowest BCUT2D eigenvalue weighted by molar-refractivity contribution is 0.0936. The number of nitrogens with one attached hydrogen (secondary N) is 1. The monoisotopic (exact) mass is 308 g/mol. The fourth-order valence-corrected chi connectivity index (χ4v) is 1.96. The molecule has 6 heteroatoms. The number of carbonyl (C=O) groups is 1. The van der Waals surface area contributed by atoms with Crippen LogP contribution in [0.3, 0.4) is 0 Å². The molecule has 0 aliphatic heterocycles. The molecule has 1 atom stereocenters. The zero-order valence-electron chi connectivity index (χ0n) is 9.88. The summed E-state index contributed by atoms with van der Waals surface area (Å²) < 4.78 is 2.71. The fraction of sp³-hybridized carbons (Fsp3) is 0.250. The molecule has 0 saturated heterocycles. The average Bonchev–Trinajstić information content (AvgIpc) is 2.81. The molecule has 0 radical (unpaired) electrons. The maximum atomic E-state index is 11.9. The molecule has 0 fully saturated rings. The van der Waals surface area contributed by atoms with Gasteiger partial charge in [0.1, 0.15) is 0 Å². The van der Waals surface area contributed by atoms with E-state index in [1.807, 2.05) is 17.7 Å². The van der Waals surface area contributed by atoms with Crippen molar-refractivity contribution < 1.29 is 4.79 Å². The number of carbonyl (C=O) groups excluding carboxylic acids is 1. The zero-order chi connectivity index (χ0) is 13.0. The van der Waals surface area contributed by atoms with Crippen molar-refractivity contribution in [1.82, 2.24) is 19.9 Å². The van der Waals surface area contributed by atoms with Crippen LogP contribution in [0.1, 0.15) is 17.3 Å². The highest BCUT2D eigenvalue weighted by atomic mass is 79.9. The Morgan fingerprint density at radius 2 is 2.33 bits per heavy atom. The Kier molecular flexibility index (Phi) is 4.09. The third kappa shape index (κ3) is 3.40. The molecule has 2 aromatic heterocycles. The van der Waals surface area contributed by atoms with Gasteiger partial charge in [0, 0.05) is 41.8 Å². The molecule has 0 unspecified atom stereocenters. The Labute approximate surface area is 113 Å². The van der Waals surface area contributed by atoms with Crippen molar-refractivity contribution in [3.8, 4) is 0 Å². The summed E-state index contributed by atoms with van der Waals surface area (Å²) >= 11 is 3.29. The molecule has 0 bridgehead atoms. The van der Waals surface area contributed by atoms with Crippen molar-refractivity contribution in [3.63, 3.8) is 0 Å². The van der Waals surface area contributed by atoms with Gasteiger partial charge in [0.05, 0.1) is 11.9 Å². The second-order valence-electron chi connectivity index (χ2n) is 4.03. The minimum atomic E-state index is -0.128. The van der Waals surface area contributed by atoms with Gasteiger partial charge in [0.25, 0.3) is 5.91 Å². The maximum Gasteiger partial charge on any atom is 0.253 e. The summed E-state index contributed by atoms with van der Waals surface area (Å²) in [5.41, 5.74) is 0.543. The molecule has 0 aliphatic carbocycles. The van der Waals surface area contributed by atoms with Gasteiger partial charge < -0.3 is 9.88 Å². The molecular formula is C12H13BrN4O. The van der Waals surface area contributed by atoms with Gasteiger partial charge in [0.15, 0.2) is 0 Å². The third-order valence-electron chi connectivity index (χ3n) is 2.39. The molecule has 0 aromatic carbocycles. The number of aromatic nitrogens is 3. The normalized spacial score (nSPS) is 12.1. The molecule has 0 aliphatic rings. The summed E-state index contributed by atoms with van der Waals surface area (Å²) in [6, 6.07) is 1.76. The molecule has 5 nitrogen and oxygen atoms in total. The van der Waals surface area contributed by atoms with Crippen LogP contribution in [0.15, 0.2) is 41.7 Å². The fourth-order valence-electron chi connectivity index (χ4n) is 1.60. The smallest absolute Gasteiger partial charge is 0.253 e.